The number of rotatable bonds is 3. The van der Waals surface area contributed by atoms with Crippen LogP contribution in [0.5, 0.6) is 5.88 Å². The Morgan fingerprint density at radius 2 is 2.13 bits per heavy atom. The average molecular weight is 291 g/mol. The van der Waals surface area contributed by atoms with Crippen LogP contribution in [0.15, 0.2) is 21.6 Å². The van der Waals surface area contributed by atoms with Crippen LogP contribution in [0.4, 0.5) is 0 Å². The van der Waals surface area contributed by atoms with Gasteiger partial charge in [-0.05, 0) is 54.7 Å². The Morgan fingerprint density at radius 1 is 1.47 bits per heavy atom. The molecule has 0 aromatic carbocycles. The zero-order chi connectivity index (χ0) is 11.5. The molecule has 84 valence electrons. The summed E-state index contributed by atoms with van der Waals surface area (Å²) in [6.07, 6.45) is 1.72. The summed E-state index contributed by atoms with van der Waals surface area (Å²) in [6, 6.07) is 1.98. The summed E-state index contributed by atoms with van der Waals surface area (Å²) >= 11 is 4.91. The SMILES string of the molecule is COc1ncc(Br)cc1SNC(C)(C)C. The first-order valence-corrected chi connectivity index (χ1v) is 6.17. The van der Waals surface area contributed by atoms with E-state index in [-0.39, 0.29) is 5.54 Å². The van der Waals surface area contributed by atoms with Crippen molar-refractivity contribution in [2.24, 2.45) is 0 Å². The molecule has 3 nitrogen and oxygen atoms in total. The molecule has 1 aromatic rings. The Hall–Kier alpha value is -0.260. The zero-order valence-corrected chi connectivity index (χ0v) is 11.7. The van der Waals surface area contributed by atoms with Crippen molar-refractivity contribution in [3.8, 4) is 5.88 Å². The van der Waals surface area contributed by atoms with Crippen molar-refractivity contribution in [3.05, 3.63) is 16.7 Å². The molecule has 0 aliphatic carbocycles. The highest BCUT2D eigenvalue weighted by atomic mass is 79.9. The molecular weight excluding hydrogens is 276 g/mol. The smallest absolute Gasteiger partial charge is 0.228 e. The van der Waals surface area contributed by atoms with Gasteiger partial charge in [-0.15, -0.1) is 0 Å². The van der Waals surface area contributed by atoms with Crippen LogP contribution in [0.25, 0.3) is 0 Å². The van der Waals surface area contributed by atoms with Gasteiger partial charge in [0.25, 0.3) is 0 Å². The number of nitrogens with zero attached hydrogens (tertiary/aromatic N) is 1. The van der Waals surface area contributed by atoms with Gasteiger partial charge in [0.2, 0.25) is 5.88 Å². The lowest BCUT2D eigenvalue weighted by Crippen LogP contribution is -2.29. The molecule has 1 heterocycles. The first kappa shape index (κ1) is 12.8. The van der Waals surface area contributed by atoms with Crippen LogP contribution in [-0.4, -0.2) is 17.6 Å². The van der Waals surface area contributed by atoms with E-state index >= 15 is 0 Å². The minimum Gasteiger partial charge on any atom is -0.480 e. The molecule has 1 N–H and O–H groups in total. The number of halogens is 1. The van der Waals surface area contributed by atoms with Gasteiger partial charge in [0, 0.05) is 16.2 Å². The Morgan fingerprint density at radius 3 is 2.67 bits per heavy atom. The number of pyridine rings is 1. The van der Waals surface area contributed by atoms with Gasteiger partial charge in [0.05, 0.1) is 12.0 Å². The number of methoxy groups -OCH3 is 1. The molecule has 0 aliphatic heterocycles. The summed E-state index contributed by atoms with van der Waals surface area (Å²) in [7, 11) is 1.62. The van der Waals surface area contributed by atoms with Gasteiger partial charge in [-0.1, -0.05) is 0 Å². The monoisotopic (exact) mass is 290 g/mol. The largest absolute Gasteiger partial charge is 0.480 e. The van der Waals surface area contributed by atoms with Crippen molar-refractivity contribution in [2.45, 2.75) is 31.2 Å². The highest BCUT2D eigenvalue weighted by Gasteiger charge is 2.12. The van der Waals surface area contributed by atoms with E-state index in [1.54, 1.807) is 13.3 Å². The highest BCUT2D eigenvalue weighted by molar-refractivity contribution is 9.10. The third-order valence-electron chi connectivity index (χ3n) is 1.45. The van der Waals surface area contributed by atoms with Gasteiger partial charge in [-0.3, -0.25) is 4.72 Å². The molecule has 0 saturated heterocycles. The first-order chi connectivity index (χ1) is 6.92. The third-order valence-corrected chi connectivity index (χ3v) is 3.11. The number of aromatic nitrogens is 1. The first-order valence-electron chi connectivity index (χ1n) is 4.56. The van der Waals surface area contributed by atoms with E-state index in [9.17, 15) is 0 Å². The van der Waals surface area contributed by atoms with Crippen LogP contribution in [0.2, 0.25) is 0 Å². The lowest BCUT2D eigenvalue weighted by molar-refractivity contribution is 0.386. The molecule has 0 bridgehead atoms. The van der Waals surface area contributed by atoms with Crippen LogP contribution in [0.1, 0.15) is 20.8 Å². The van der Waals surface area contributed by atoms with Crippen LogP contribution in [-0.2, 0) is 0 Å². The lowest BCUT2D eigenvalue weighted by Gasteiger charge is -2.19. The Balaban J connectivity index is 2.79. The summed E-state index contributed by atoms with van der Waals surface area (Å²) in [4.78, 5) is 5.14. The second-order valence-corrected chi connectivity index (χ2v) is 5.88. The predicted molar refractivity (Wildman–Crippen MR) is 67.2 cm³/mol. The molecule has 0 saturated carbocycles. The van der Waals surface area contributed by atoms with E-state index in [1.165, 1.54) is 11.9 Å². The second-order valence-electron chi connectivity index (χ2n) is 4.12. The summed E-state index contributed by atoms with van der Waals surface area (Å²) < 4.78 is 9.43. The van der Waals surface area contributed by atoms with Crippen molar-refractivity contribution in [1.29, 1.82) is 0 Å². The fourth-order valence-electron chi connectivity index (χ4n) is 0.843. The topological polar surface area (TPSA) is 34.1 Å². The van der Waals surface area contributed by atoms with E-state index in [1.807, 2.05) is 6.07 Å². The second kappa shape index (κ2) is 5.18. The number of nitrogens with one attached hydrogen (secondary N) is 1. The van der Waals surface area contributed by atoms with E-state index in [2.05, 4.69) is 46.4 Å². The molecular formula is C10H15BrN2OS. The molecule has 0 fully saturated rings. The fraction of sp³-hybridized carbons (Fsp3) is 0.500. The fourth-order valence-corrected chi connectivity index (χ4v) is 2.15. The predicted octanol–water partition coefficient (Wildman–Crippen LogP) is 3.25. The molecule has 5 heteroatoms. The van der Waals surface area contributed by atoms with Gasteiger partial charge in [0.1, 0.15) is 0 Å². The standard InChI is InChI=1S/C10H15BrN2OS/c1-10(2,3)13-15-8-5-7(11)6-12-9(8)14-4/h5-6,13H,1-4H3. The van der Waals surface area contributed by atoms with Gasteiger partial charge >= 0.3 is 0 Å². The minimum absolute atomic E-state index is 0.0536. The number of hydrogen-bond acceptors (Lipinski definition) is 4. The summed E-state index contributed by atoms with van der Waals surface area (Å²) in [5.41, 5.74) is 0.0536. The minimum atomic E-state index is 0.0536. The maximum atomic E-state index is 5.17. The molecule has 0 spiro atoms. The molecule has 1 rings (SSSR count). The van der Waals surface area contributed by atoms with Gasteiger partial charge < -0.3 is 4.74 Å². The molecule has 15 heavy (non-hydrogen) atoms. The molecule has 0 amide bonds. The summed E-state index contributed by atoms with van der Waals surface area (Å²) in [6.45, 7) is 6.33. The van der Waals surface area contributed by atoms with Crippen molar-refractivity contribution >= 4 is 27.9 Å². The zero-order valence-electron chi connectivity index (χ0n) is 9.30. The van der Waals surface area contributed by atoms with Crippen LogP contribution in [0, 0.1) is 0 Å². The van der Waals surface area contributed by atoms with Gasteiger partial charge in [-0.2, -0.15) is 0 Å². The average Bonchev–Trinajstić information content (AvgIpc) is 2.14. The highest BCUT2D eigenvalue weighted by Crippen LogP contribution is 2.29. The van der Waals surface area contributed by atoms with Crippen LogP contribution < -0.4 is 9.46 Å². The van der Waals surface area contributed by atoms with E-state index in [0.717, 1.165) is 9.37 Å². The molecule has 0 atom stereocenters. The maximum absolute atomic E-state index is 5.17. The number of ether oxygens (including phenoxy) is 1. The van der Waals surface area contributed by atoms with E-state index in [0.29, 0.717) is 5.88 Å². The summed E-state index contributed by atoms with van der Waals surface area (Å²) in [5.74, 6) is 0.639. The maximum Gasteiger partial charge on any atom is 0.228 e. The molecule has 0 aliphatic rings. The van der Waals surface area contributed by atoms with E-state index < -0.39 is 0 Å². The van der Waals surface area contributed by atoms with Gasteiger partial charge in [-0.25, -0.2) is 4.98 Å². The Labute approximate surface area is 103 Å². The molecule has 0 radical (unpaired) electrons. The van der Waals surface area contributed by atoms with E-state index in [4.69, 9.17) is 4.74 Å². The quantitative estimate of drug-likeness (QED) is 0.867. The Kier molecular flexibility index (Phi) is 4.43. The van der Waals surface area contributed by atoms with Crippen molar-refractivity contribution in [3.63, 3.8) is 0 Å². The molecule has 0 unspecified atom stereocenters. The molecule has 1 aromatic heterocycles. The normalized spacial score (nSPS) is 11.5. The summed E-state index contributed by atoms with van der Waals surface area (Å²) in [5, 5.41) is 0. The van der Waals surface area contributed by atoms with Crippen molar-refractivity contribution < 1.29 is 4.74 Å². The van der Waals surface area contributed by atoms with Crippen LogP contribution in [0.3, 0.4) is 0 Å². The van der Waals surface area contributed by atoms with Crippen molar-refractivity contribution in [1.82, 2.24) is 9.71 Å². The van der Waals surface area contributed by atoms with Crippen LogP contribution >= 0.6 is 27.9 Å². The lowest BCUT2D eigenvalue weighted by atomic mass is 10.1. The van der Waals surface area contributed by atoms with Crippen molar-refractivity contribution in [2.75, 3.05) is 7.11 Å². The third kappa shape index (κ3) is 4.40. The Bertz CT molecular complexity index is 339. The number of hydrogen-bond donors (Lipinski definition) is 1. The van der Waals surface area contributed by atoms with Gasteiger partial charge in [0.15, 0.2) is 0 Å².